The van der Waals surface area contributed by atoms with Gasteiger partial charge in [-0.15, -0.1) is 0 Å². The van der Waals surface area contributed by atoms with Crippen molar-refractivity contribution >= 4 is 11.8 Å². The van der Waals surface area contributed by atoms with Gasteiger partial charge in [-0.05, 0) is 37.5 Å². The molecule has 0 saturated heterocycles. The average Bonchev–Trinajstić information content (AvgIpc) is 2.44. The van der Waals surface area contributed by atoms with Gasteiger partial charge in [0.15, 0.2) is 6.61 Å². The predicted molar refractivity (Wildman–Crippen MR) is 79.0 cm³/mol. The molecule has 0 aliphatic carbocycles. The van der Waals surface area contributed by atoms with E-state index in [-0.39, 0.29) is 6.61 Å². The second-order valence-corrected chi connectivity index (χ2v) is 4.86. The zero-order valence-corrected chi connectivity index (χ0v) is 12.6. The van der Waals surface area contributed by atoms with Gasteiger partial charge in [0.2, 0.25) is 5.91 Å². The van der Waals surface area contributed by atoms with Crippen molar-refractivity contribution < 1.29 is 19.1 Å². The van der Waals surface area contributed by atoms with Crippen molar-refractivity contribution in [1.29, 1.82) is 0 Å². The molecule has 0 radical (unpaired) electrons. The van der Waals surface area contributed by atoms with Crippen LogP contribution in [0.4, 0.5) is 0 Å². The van der Waals surface area contributed by atoms with Crippen LogP contribution >= 0.6 is 0 Å². The summed E-state index contributed by atoms with van der Waals surface area (Å²) in [5, 5.41) is 2.54. The molecule has 0 fully saturated rings. The summed E-state index contributed by atoms with van der Waals surface area (Å²) in [4.78, 5) is 23.0. The van der Waals surface area contributed by atoms with Gasteiger partial charge in [-0.25, -0.2) is 0 Å². The summed E-state index contributed by atoms with van der Waals surface area (Å²) < 4.78 is 10.3. The number of nitrogens with one attached hydrogen (secondary N) is 1. The molecule has 0 aromatic heterocycles. The highest BCUT2D eigenvalue weighted by atomic mass is 16.5. The number of amides is 2. The van der Waals surface area contributed by atoms with E-state index in [2.05, 4.69) is 5.32 Å². The van der Waals surface area contributed by atoms with Crippen LogP contribution in [-0.4, -0.2) is 38.2 Å². The lowest BCUT2D eigenvalue weighted by Gasteiger charge is -2.16. The Morgan fingerprint density at radius 3 is 2.67 bits per heavy atom. The van der Waals surface area contributed by atoms with Crippen LogP contribution in [0.1, 0.15) is 17.5 Å². The fourth-order valence-electron chi connectivity index (χ4n) is 1.76. The monoisotopic (exact) mass is 294 g/mol. The molecule has 0 aliphatic heterocycles. The standard InChI is InChI=1S/C15H22N2O4/c1-10-4-5-11(2)13(8-10)21-9-14(18)17-12(15(16)19)6-7-20-3/h4-5,8,12H,6-7,9H2,1-3H3,(H2,16,19)(H,17,18)/t12-/m0/s1. The van der Waals surface area contributed by atoms with Crippen LogP contribution in [0, 0.1) is 13.8 Å². The number of hydrogen-bond acceptors (Lipinski definition) is 4. The first kappa shape index (κ1) is 17.0. The van der Waals surface area contributed by atoms with Gasteiger partial charge in [-0.1, -0.05) is 12.1 Å². The summed E-state index contributed by atoms with van der Waals surface area (Å²) in [5.74, 6) is -0.333. The van der Waals surface area contributed by atoms with Gasteiger partial charge in [-0.3, -0.25) is 9.59 Å². The number of benzene rings is 1. The van der Waals surface area contributed by atoms with Crippen molar-refractivity contribution in [2.24, 2.45) is 5.73 Å². The molecular formula is C15H22N2O4. The van der Waals surface area contributed by atoms with Gasteiger partial charge in [0.25, 0.3) is 5.91 Å². The van der Waals surface area contributed by atoms with Crippen LogP contribution < -0.4 is 15.8 Å². The van der Waals surface area contributed by atoms with Crippen LogP contribution in [0.2, 0.25) is 0 Å². The normalized spacial score (nSPS) is 11.8. The number of aryl methyl sites for hydroxylation is 2. The Kier molecular flexibility index (Phi) is 6.68. The van der Waals surface area contributed by atoms with Crippen LogP contribution in [-0.2, 0) is 14.3 Å². The maximum absolute atomic E-state index is 11.8. The largest absolute Gasteiger partial charge is 0.483 e. The summed E-state index contributed by atoms with van der Waals surface area (Å²) >= 11 is 0. The number of carbonyl (C=O) groups is 2. The smallest absolute Gasteiger partial charge is 0.258 e. The number of nitrogens with two attached hydrogens (primary N) is 1. The Hall–Kier alpha value is -2.08. The number of hydrogen-bond donors (Lipinski definition) is 2. The molecule has 3 N–H and O–H groups in total. The maximum Gasteiger partial charge on any atom is 0.258 e. The number of primary amides is 1. The minimum absolute atomic E-state index is 0.166. The first-order valence-electron chi connectivity index (χ1n) is 6.71. The third kappa shape index (κ3) is 5.83. The van der Waals surface area contributed by atoms with Crippen LogP contribution in [0.25, 0.3) is 0 Å². The van der Waals surface area contributed by atoms with E-state index in [4.69, 9.17) is 15.2 Å². The van der Waals surface area contributed by atoms with Crippen LogP contribution in [0.3, 0.4) is 0 Å². The molecule has 0 unspecified atom stereocenters. The van der Waals surface area contributed by atoms with Gasteiger partial charge in [0.1, 0.15) is 11.8 Å². The molecule has 1 rings (SSSR count). The van der Waals surface area contributed by atoms with E-state index >= 15 is 0 Å². The van der Waals surface area contributed by atoms with Crippen molar-refractivity contribution in [2.75, 3.05) is 20.3 Å². The van der Waals surface area contributed by atoms with Crippen molar-refractivity contribution in [3.63, 3.8) is 0 Å². The lowest BCUT2D eigenvalue weighted by atomic mass is 10.1. The van der Waals surface area contributed by atoms with E-state index in [0.29, 0.717) is 18.8 Å². The Morgan fingerprint density at radius 2 is 2.05 bits per heavy atom. The van der Waals surface area contributed by atoms with E-state index in [1.54, 1.807) is 0 Å². The summed E-state index contributed by atoms with van der Waals surface area (Å²) in [6.07, 6.45) is 0.334. The molecule has 116 valence electrons. The molecular weight excluding hydrogens is 272 g/mol. The first-order chi connectivity index (χ1) is 9.93. The first-order valence-corrected chi connectivity index (χ1v) is 6.71. The summed E-state index contributed by atoms with van der Waals surface area (Å²) in [7, 11) is 1.52. The predicted octanol–water partition coefficient (Wildman–Crippen LogP) is 0.689. The van der Waals surface area contributed by atoms with Crippen LogP contribution in [0.15, 0.2) is 18.2 Å². The van der Waals surface area contributed by atoms with Crippen molar-refractivity contribution in [3.8, 4) is 5.75 Å². The summed E-state index contributed by atoms with van der Waals surface area (Å²) in [6.45, 7) is 4.02. The van der Waals surface area contributed by atoms with Gasteiger partial charge in [0.05, 0.1) is 0 Å². The zero-order chi connectivity index (χ0) is 15.8. The van der Waals surface area contributed by atoms with E-state index in [1.165, 1.54) is 7.11 Å². The summed E-state index contributed by atoms with van der Waals surface area (Å²) in [5.41, 5.74) is 7.22. The second-order valence-electron chi connectivity index (χ2n) is 4.86. The maximum atomic E-state index is 11.8. The lowest BCUT2D eigenvalue weighted by molar-refractivity contribution is -0.128. The molecule has 6 nitrogen and oxygen atoms in total. The van der Waals surface area contributed by atoms with Gasteiger partial charge >= 0.3 is 0 Å². The van der Waals surface area contributed by atoms with Gasteiger partial charge in [-0.2, -0.15) is 0 Å². The number of methoxy groups -OCH3 is 1. The molecule has 1 aromatic carbocycles. The third-order valence-corrected chi connectivity index (χ3v) is 2.99. The van der Waals surface area contributed by atoms with E-state index < -0.39 is 17.9 Å². The van der Waals surface area contributed by atoms with E-state index in [1.807, 2.05) is 32.0 Å². The molecule has 0 aliphatic rings. The quantitative estimate of drug-likeness (QED) is 0.738. The highest BCUT2D eigenvalue weighted by Gasteiger charge is 2.18. The van der Waals surface area contributed by atoms with E-state index in [9.17, 15) is 9.59 Å². The summed E-state index contributed by atoms with van der Waals surface area (Å²) in [6, 6.07) is 5.00. The van der Waals surface area contributed by atoms with Gasteiger partial charge in [0, 0.05) is 13.7 Å². The molecule has 1 atom stereocenters. The lowest BCUT2D eigenvalue weighted by Crippen LogP contribution is -2.46. The Bertz CT molecular complexity index is 502. The minimum atomic E-state index is -0.750. The van der Waals surface area contributed by atoms with Crippen molar-refractivity contribution in [3.05, 3.63) is 29.3 Å². The second kappa shape index (κ2) is 8.26. The Balaban J connectivity index is 2.52. The van der Waals surface area contributed by atoms with E-state index in [0.717, 1.165) is 11.1 Å². The Labute approximate surface area is 124 Å². The topological polar surface area (TPSA) is 90.7 Å². The van der Waals surface area contributed by atoms with Gasteiger partial charge < -0.3 is 20.5 Å². The van der Waals surface area contributed by atoms with Crippen molar-refractivity contribution in [2.45, 2.75) is 26.3 Å². The molecule has 0 spiro atoms. The highest BCUT2D eigenvalue weighted by Crippen LogP contribution is 2.18. The minimum Gasteiger partial charge on any atom is -0.483 e. The molecule has 0 bridgehead atoms. The van der Waals surface area contributed by atoms with Crippen LogP contribution in [0.5, 0.6) is 5.75 Å². The fraction of sp³-hybridized carbons (Fsp3) is 0.467. The third-order valence-electron chi connectivity index (χ3n) is 2.99. The highest BCUT2D eigenvalue weighted by molar-refractivity contribution is 5.87. The zero-order valence-electron chi connectivity index (χ0n) is 12.6. The molecule has 0 saturated carbocycles. The van der Waals surface area contributed by atoms with Crippen molar-refractivity contribution in [1.82, 2.24) is 5.32 Å². The molecule has 21 heavy (non-hydrogen) atoms. The molecule has 1 aromatic rings. The number of rotatable bonds is 8. The number of ether oxygens (including phenoxy) is 2. The molecule has 6 heteroatoms. The SMILES string of the molecule is COCC[C@H](NC(=O)COc1cc(C)ccc1C)C(N)=O. The molecule has 0 heterocycles. The number of carbonyl (C=O) groups excluding carboxylic acids is 2. The fourth-order valence-corrected chi connectivity index (χ4v) is 1.76. The Morgan fingerprint density at radius 1 is 1.33 bits per heavy atom. The average molecular weight is 294 g/mol. The molecule has 2 amide bonds.